The van der Waals surface area contributed by atoms with Gasteiger partial charge in [-0.15, -0.1) is 0 Å². The van der Waals surface area contributed by atoms with Gasteiger partial charge < -0.3 is 10.2 Å². The van der Waals surface area contributed by atoms with Gasteiger partial charge in [0.05, 0.1) is 6.04 Å². The maximum absolute atomic E-state index is 12.0. The van der Waals surface area contributed by atoms with Gasteiger partial charge in [0, 0.05) is 12.5 Å². The Morgan fingerprint density at radius 1 is 1.28 bits per heavy atom. The van der Waals surface area contributed by atoms with Gasteiger partial charge in [-0.1, -0.05) is 44.2 Å². The summed E-state index contributed by atoms with van der Waals surface area (Å²) in [7, 11) is 4.04. The fourth-order valence-corrected chi connectivity index (χ4v) is 1.78. The van der Waals surface area contributed by atoms with E-state index in [9.17, 15) is 4.79 Å². The summed E-state index contributed by atoms with van der Waals surface area (Å²) in [5, 5.41) is 3.13. The number of amides is 1. The summed E-state index contributed by atoms with van der Waals surface area (Å²) in [5.74, 6) is 0.201. The van der Waals surface area contributed by atoms with E-state index >= 15 is 0 Å². The summed E-state index contributed by atoms with van der Waals surface area (Å²) in [6.07, 6.45) is 0.870. The smallest absolute Gasteiger partial charge is 0.223 e. The third-order valence-corrected chi connectivity index (χ3v) is 3.13. The average Bonchev–Trinajstić information content (AvgIpc) is 2.37. The van der Waals surface area contributed by atoms with Crippen molar-refractivity contribution in [2.45, 2.75) is 26.3 Å². The van der Waals surface area contributed by atoms with Crippen molar-refractivity contribution in [2.24, 2.45) is 5.92 Å². The monoisotopic (exact) mass is 248 g/mol. The van der Waals surface area contributed by atoms with Gasteiger partial charge in [0.25, 0.3) is 0 Å². The van der Waals surface area contributed by atoms with Crippen LogP contribution < -0.4 is 5.32 Å². The van der Waals surface area contributed by atoms with Crippen molar-refractivity contribution in [3.63, 3.8) is 0 Å². The Morgan fingerprint density at radius 2 is 1.89 bits per heavy atom. The van der Waals surface area contributed by atoms with Gasteiger partial charge in [-0.2, -0.15) is 0 Å². The van der Waals surface area contributed by atoms with Gasteiger partial charge in [0.2, 0.25) is 5.91 Å². The Bertz CT molecular complexity index is 362. The predicted molar refractivity (Wildman–Crippen MR) is 75.3 cm³/mol. The summed E-state index contributed by atoms with van der Waals surface area (Å²) in [5.41, 5.74) is 1.16. The van der Waals surface area contributed by atoms with Crippen LogP contribution in [-0.4, -0.2) is 31.4 Å². The van der Waals surface area contributed by atoms with Crippen molar-refractivity contribution in [3.05, 3.63) is 35.9 Å². The standard InChI is InChI=1S/C15H24N2O/c1-5-12(2)15(18)16-14(11-17(3)4)13-9-7-6-8-10-13/h6-10,12,14H,5,11H2,1-4H3,(H,16,18). The van der Waals surface area contributed by atoms with Gasteiger partial charge >= 0.3 is 0 Å². The zero-order chi connectivity index (χ0) is 13.5. The molecule has 0 heterocycles. The molecule has 0 bridgehead atoms. The van der Waals surface area contributed by atoms with Crippen LogP contribution in [0.3, 0.4) is 0 Å². The summed E-state index contributed by atoms with van der Waals surface area (Å²) < 4.78 is 0. The van der Waals surface area contributed by atoms with Gasteiger partial charge in [-0.3, -0.25) is 4.79 Å². The molecule has 3 heteroatoms. The average molecular weight is 248 g/mol. The fraction of sp³-hybridized carbons (Fsp3) is 0.533. The molecule has 1 aromatic rings. The van der Waals surface area contributed by atoms with E-state index in [1.54, 1.807) is 0 Å². The van der Waals surface area contributed by atoms with Gasteiger partial charge in [-0.05, 0) is 26.1 Å². The zero-order valence-electron chi connectivity index (χ0n) is 11.8. The molecule has 1 amide bonds. The highest BCUT2D eigenvalue weighted by Gasteiger charge is 2.18. The van der Waals surface area contributed by atoms with Crippen molar-refractivity contribution in [1.29, 1.82) is 0 Å². The van der Waals surface area contributed by atoms with Crippen LogP contribution in [0, 0.1) is 5.92 Å². The van der Waals surface area contributed by atoms with E-state index in [2.05, 4.69) is 22.3 Å². The van der Waals surface area contributed by atoms with E-state index in [0.717, 1.165) is 18.5 Å². The highest BCUT2D eigenvalue weighted by atomic mass is 16.1. The molecule has 0 spiro atoms. The molecule has 2 unspecified atom stereocenters. The topological polar surface area (TPSA) is 32.3 Å². The van der Waals surface area contributed by atoms with Crippen molar-refractivity contribution >= 4 is 5.91 Å². The second-order valence-corrected chi connectivity index (χ2v) is 5.04. The van der Waals surface area contributed by atoms with Gasteiger partial charge in [0.15, 0.2) is 0 Å². The number of nitrogens with one attached hydrogen (secondary N) is 1. The van der Waals surface area contributed by atoms with Crippen LogP contribution >= 0.6 is 0 Å². The minimum atomic E-state index is 0.0581. The molecular weight excluding hydrogens is 224 g/mol. The molecule has 0 aliphatic heterocycles. The van der Waals surface area contributed by atoms with E-state index in [-0.39, 0.29) is 17.9 Å². The molecule has 2 atom stereocenters. The number of hydrogen-bond acceptors (Lipinski definition) is 2. The Balaban J connectivity index is 2.77. The number of benzene rings is 1. The molecular formula is C15H24N2O. The fourth-order valence-electron chi connectivity index (χ4n) is 1.78. The lowest BCUT2D eigenvalue weighted by molar-refractivity contribution is -0.125. The van der Waals surface area contributed by atoms with Crippen LogP contribution in [0.2, 0.25) is 0 Å². The molecule has 0 radical (unpaired) electrons. The lowest BCUT2D eigenvalue weighted by atomic mass is 10.0. The summed E-state index contributed by atoms with van der Waals surface area (Å²) >= 11 is 0. The Hall–Kier alpha value is -1.35. The highest BCUT2D eigenvalue weighted by Crippen LogP contribution is 2.14. The van der Waals surface area contributed by atoms with Crippen LogP contribution in [0.4, 0.5) is 0 Å². The van der Waals surface area contributed by atoms with E-state index in [0.29, 0.717) is 0 Å². The Kier molecular flexibility index (Phi) is 5.86. The molecule has 0 fully saturated rings. The first kappa shape index (κ1) is 14.7. The lowest BCUT2D eigenvalue weighted by Crippen LogP contribution is -2.37. The number of likely N-dealkylation sites (N-methyl/N-ethyl adjacent to an activating group) is 1. The van der Waals surface area contributed by atoms with Crippen LogP contribution in [0.5, 0.6) is 0 Å². The Labute approximate surface area is 110 Å². The largest absolute Gasteiger partial charge is 0.348 e. The van der Waals surface area contributed by atoms with Gasteiger partial charge in [0.1, 0.15) is 0 Å². The van der Waals surface area contributed by atoms with E-state index in [4.69, 9.17) is 0 Å². The predicted octanol–water partition coefficient (Wildman–Crippen LogP) is 2.45. The highest BCUT2D eigenvalue weighted by molar-refractivity contribution is 5.78. The zero-order valence-corrected chi connectivity index (χ0v) is 11.8. The first-order valence-corrected chi connectivity index (χ1v) is 6.54. The molecule has 1 aromatic carbocycles. The van der Waals surface area contributed by atoms with E-state index in [1.165, 1.54) is 0 Å². The molecule has 0 saturated carbocycles. The maximum atomic E-state index is 12.0. The molecule has 0 aliphatic rings. The second kappa shape index (κ2) is 7.17. The van der Waals surface area contributed by atoms with E-state index < -0.39 is 0 Å². The molecule has 18 heavy (non-hydrogen) atoms. The molecule has 1 N–H and O–H groups in total. The number of rotatable bonds is 6. The Morgan fingerprint density at radius 3 is 2.39 bits per heavy atom. The number of carbonyl (C=O) groups is 1. The van der Waals surface area contributed by atoms with Crippen molar-refractivity contribution in [2.75, 3.05) is 20.6 Å². The van der Waals surface area contributed by atoms with Crippen molar-refractivity contribution in [1.82, 2.24) is 10.2 Å². The SMILES string of the molecule is CCC(C)C(=O)NC(CN(C)C)c1ccccc1. The number of nitrogens with zero attached hydrogens (tertiary/aromatic N) is 1. The number of hydrogen-bond donors (Lipinski definition) is 1. The van der Waals surface area contributed by atoms with Crippen molar-refractivity contribution in [3.8, 4) is 0 Å². The first-order chi connectivity index (χ1) is 8.54. The summed E-state index contributed by atoms with van der Waals surface area (Å²) in [4.78, 5) is 14.1. The van der Waals surface area contributed by atoms with Gasteiger partial charge in [-0.25, -0.2) is 0 Å². The molecule has 100 valence electrons. The van der Waals surface area contributed by atoms with Crippen LogP contribution in [0.15, 0.2) is 30.3 Å². The first-order valence-electron chi connectivity index (χ1n) is 6.54. The number of carbonyl (C=O) groups excluding carboxylic acids is 1. The van der Waals surface area contributed by atoms with Crippen LogP contribution in [0.25, 0.3) is 0 Å². The normalized spacial score (nSPS) is 14.3. The molecule has 3 nitrogen and oxygen atoms in total. The molecule has 1 rings (SSSR count). The third-order valence-electron chi connectivity index (χ3n) is 3.13. The van der Waals surface area contributed by atoms with Crippen LogP contribution in [-0.2, 0) is 4.79 Å². The summed E-state index contributed by atoms with van der Waals surface area (Å²) in [6, 6.07) is 10.2. The van der Waals surface area contributed by atoms with Crippen LogP contribution in [0.1, 0.15) is 31.9 Å². The molecule has 0 aromatic heterocycles. The lowest BCUT2D eigenvalue weighted by Gasteiger charge is -2.24. The molecule has 0 aliphatic carbocycles. The maximum Gasteiger partial charge on any atom is 0.223 e. The third kappa shape index (κ3) is 4.49. The quantitative estimate of drug-likeness (QED) is 0.838. The summed E-state index contributed by atoms with van der Waals surface area (Å²) in [6.45, 7) is 4.81. The minimum absolute atomic E-state index is 0.0581. The minimum Gasteiger partial charge on any atom is -0.348 e. The second-order valence-electron chi connectivity index (χ2n) is 5.04. The molecule has 0 saturated heterocycles. The van der Waals surface area contributed by atoms with E-state index in [1.807, 2.05) is 46.1 Å². The van der Waals surface area contributed by atoms with Crippen molar-refractivity contribution < 1.29 is 4.79 Å².